The average Bonchev–Trinajstić information content (AvgIpc) is 3.03. The van der Waals surface area contributed by atoms with Crippen LogP contribution in [0, 0.1) is 0 Å². The van der Waals surface area contributed by atoms with Crippen LogP contribution in [-0.2, 0) is 35.7 Å². The first-order chi connectivity index (χ1) is 21.7. The summed E-state index contributed by atoms with van der Waals surface area (Å²) >= 11 is 0. The van der Waals surface area contributed by atoms with Crippen molar-refractivity contribution >= 4 is 67.7 Å². The smallest absolute Gasteiger partial charge is 0.410 e. The van der Waals surface area contributed by atoms with E-state index in [0.29, 0.717) is 16.3 Å². The van der Waals surface area contributed by atoms with Gasteiger partial charge in [-0.15, -0.1) is 0 Å². The first kappa shape index (κ1) is 33.1. The van der Waals surface area contributed by atoms with E-state index in [1.165, 1.54) is 67.6 Å². The number of para-hydroxylation sites is 1. The number of carboxylic acid groups (broad SMARTS) is 2. The van der Waals surface area contributed by atoms with Crippen LogP contribution < -0.4 is 15.4 Å². The Labute approximate surface area is 262 Å². The van der Waals surface area contributed by atoms with Crippen molar-refractivity contribution in [1.82, 2.24) is 4.90 Å². The van der Waals surface area contributed by atoms with E-state index >= 15 is 0 Å². The van der Waals surface area contributed by atoms with Crippen LogP contribution in [0.3, 0.4) is 0 Å². The highest BCUT2D eigenvalue weighted by Gasteiger charge is 2.31. The number of nitrogens with two attached hydrogens (primary N) is 1. The third-order valence-corrected chi connectivity index (χ3v) is 7.95. The molecule has 4 rings (SSSR count). The number of hydrogen-bond acceptors (Lipinski definition) is 8. The lowest BCUT2D eigenvalue weighted by Gasteiger charge is -2.28. The highest BCUT2D eigenvalue weighted by molar-refractivity contribution is 7.89. The quantitative estimate of drug-likeness (QED) is 0.194. The van der Waals surface area contributed by atoms with E-state index in [2.05, 4.69) is 5.32 Å². The van der Waals surface area contributed by atoms with Crippen LogP contribution in [0.15, 0.2) is 89.8 Å². The lowest BCUT2D eigenvalue weighted by molar-refractivity contribution is -0.148. The van der Waals surface area contributed by atoms with E-state index in [1.807, 2.05) is 0 Å². The van der Waals surface area contributed by atoms with Crippen molar-refractivity contribution in [2.24, 2.45) is 5.14 Å². The summed E-state index contributed by atoms with van der Waals surface area (Å²) in [6.45, 7) is 1.33. The number of benzene rings is 4. The van der Waals surface area contributed by atoms with Gasteiger partial charge in [0.2, 0.25) is 15.9 Å². The van der Waals surface area contributed by atoms with Crippen molar-refractivity contribution < 1.29 is 47.3 Å². The molecule has 0 aliphatic heterocycles. The number of rotatable bonds is 9. The van der Waals surface area contributed by atoms with Gasteiger partial charge in [-0.1, -0.05) is 48.5 Å². The average molecular weight is 649 g/mol. The van der Waals surface area contributed by atoms with Gasteiger partial charge in [0.05, 0.1) is 28.9 Å². The maximum Gasteiger partial charge on any atom is 0.410 e. The molecule has 0 aliphatic rings. The second-order valence-corrected chi connectivity index (χ2v) is 11.5. The molecule has 0 fully saturated rings. The van der Waals surface area contributed by atoms with Crippen molar-refractivity contribution in [3.63, 3.8) is 0 Å². The Hall–Kier alpha value is -5.80. The Morgan fingerprint density at radius 2 is 1.46 bits per heavy atom. The fourth-order valence-corrected chi connectivity index (χ4v) is 5.23. The van der Waals surface area contributed by atoms with E-state index in [9.17, 15) is 42.6 Å². The monoisotopic (exact) mass is 648 g/mol. The van der Waals surface area contributed by atoms with Crippen LogP contribution in [0.25, 0.3) is 10.8 Å². The van der Waals surface area contributed by atoms with Crippen molar-refractivity contribution in [2.75, 3.05) is 17.3 Å². The van der Waals surface area contributed by atoms with E-state index < -0.39 is 45.9 Å². The number of nitrogens with zero attached hydrogens (tertiary/aromatic N) is 2. The van der Waals surface area contributed by atoms with E-state index in [4.69, 9.17) is 9.88 Å². The molecule has 15 heteroatoms. The zero-order valence-corrected chi connectivity index (χ0v) is 25.2. The molecule has 0 aliphatic carbocycles. The van der Waals surface area contributed by atoms with Crippen molar-refractivity contribution in [1.29, 1.82) is 0 Å². The van der Waals surface area contributed by atoms with Gasteiger partial charge >= 0.3 is 23.9 Å². The lowest BCUT2D eigenvalue weighted by atomic mass is 10.0. The predicted octanol–water partition coefficient (Wildman–Crippen LogP) is 3.53. The van der Waals surface area contributed by atoms with Gasteiger partial charge in [0.1, 0.15) is 6.04 Å². The summed E-state index contributed by atoms with van der Waals surface area (Å²) in [5, 5.41) is 27.9. The maximum absolute atomic E-state index is 13.5. The van der Waals surface area contributed by atoms with Crippen LogP contribution in [0.2, 0.25) is 0 Å². The SMILES string of the molecule is COC(=O)N(Cc1ccc(S(N)(=O)=O)cc1)[C@@H](C)C(=O)Nc1ccc(N(C(=O)C(=O)O)c2ccccc2C(=O)O)c2ccccc12. The molecule has 14 nitrogen and oxygen atoms in total. The number of carboxylic acids is 2. The number of nitrogens with one attached hydrogen (secondary N) is 1. The van der Waals surface area contributed by atoms with Gasteiger partial charge < -0.3 is 20.3 Å². The number of anilines is 3. The van der Waals surface area contributed by atoms with Gasteiger partial charge in [-0.05, 0) is 48.9 Å². The van der Waals surface area contributed by atoms with Gasteiger partial charge in [-0.3, -0.25) is 19.4 Å². The number of hydrogen-bond donors (Lipinski definition) is 4. The number of aliphatic carboxylic acids is 1. The molecule has 1 atom stereocenters. The molecule has 0 aromatic heterocycles. The highest BCUT2D eigenvalue weighted by Crippen LogP contribution is 2.37. The minimum atomic E-state index is -3.94. The first-order valence-electron chi connectivity index (χ1n) is 13.4. The third kappa shape index (κ3) is 6.95. The summed E-state index contributed by atoms with van der Waals surface area (Å²) < 4.78 is 28.1. The van der Waals surface area contributed by atoms with Crippen LogP contribution in [0.5, 0.6) is 0 Å². The molecule has 5 N–H and O–H groups in total. The second kappa shape index (κ2) is 13.5. The van der Waals surface area contributed by atoms with Gasteiger partial charge in [0, 0.05) is 23.0 Å². The van der Waals surface area contributed by atoms with Gasteiger partial charge in [-0.25, -0.2) is 27.9 Å². The minimum absolute atomic E-state index is 0.0434. The van der Waals surface area contributed by atoms with Crippen molar-refractivity contribution in [2.45, 2.75) is 24.4 Å². The van der Waals surface area contributed by atoms with Gasteiger partial charge in [-0.2, -0.15) is 0 Å². The van der Waals surface area contributed by atoms with Crippen LogP contribution in [-0.4, -0.2) is 66.5 Å². The summed E-state index contributed by atoms with van der Waals surface area (Å²) in [5.41, 5.74) is 0.282. The Morgan fingerprint density at radius 3 is 2.04 bits per heavy atom. The molecule has 0 bridgehead atoms. The maximum atomic E-state index is 13.5. The van der Waals surface area contributed by atoms with Crippen LogP contribution in [0.1, 0.15) is 22.8 Å². The van der Waals surface area contributed by atoms with E-state index in [1.54, 1.807) is 24.3 Å². The third-order valence-electron chi connectivity index (χ3n) is 7.02. The molecule has 3 amide bonds. The zero-order valence-electron chi connectivity index (χ0n) is 24.4. The number of carbonyl (C=O) groups excluding carboxylic acids is 3. The van der Waals surface area contributed by atoms with Crippen molar-refractivity contribution in [3.05, 3.63) is 96.1 Å². The number of carbonyl (C=O) groups is 5. The molecule has 0 spiro atoms. The second-order valence-electron chi connectivity index (χ2n) is 9.90. The fraction of sp³-hybridized carbons (Fsp3) is 0.129. The number of aromatic carboxylic acids is 1. The molecule has 4 aromatic rings. The molecule has 238 valence electrons. The topological polar surface area (TPSA) is 214 Å². The Kier molecular flexibility index (Phi) is 9.68. The predicted molar refractivity (Wildman–Crippen MR) is 166 cm³/mol. The first-order valence-corrected chi connectivity index (χ1v) is 15.0. The molecule has 0 saturated heterocycles. The van der Waals surface area contributed by atoms with E-state index in [0.717, 1.165) is 16.9 Å². The number of amides is 3. The fourth-order valence-electron chi connectivity index (χ4n) is 4.72. The number of sulfonamides is 1. The summed E-state index contributed by atoms with van der Waals surface area (Å²) in [6.07, 6.45) is -0.835. The molecule has 4 aromatic carbocycles. The highest BCUT2D eigenvalue weighted by atomic mass is 32.2. The molecule has 0 unspecified atom stereocenters. The Balaban J connectivity index is 1.71. The summed E-state index contributed by atoms with van der Waals surface area (Å²) in [4.78, 5) is 64.7. The van der Waals surface area contributed by atoms with E-state index in [-0.39, 0.29) is 34.1 Å². The Bertz CT molecular complexity index is 1960. The molecular formula is C31H28N4O10S. The molecule has 0 radical (unpaired) electrons. The summed E-state index contributed by atoms with van der Waals surface area (Å²) in [5.74, 6) is -5.25. The van der Waals surface area contributed by atoms with Gasteiger partial charge in [0.15, 0.2) is 0 Å². The van der Waals surface area contributed by atoms with Crippen molar-refractivity contribution in [3.8, 4) is 0 Å². The van der Waals surface area contributed by atoms with Crippen LogP contribution >= 0.6 is 0 Å². The lowest BCUT2D eigenvalue weighted by Crippen LogP contribution is -2.45. The molecule has 0 saturated carbocycles. The summed E-state index contributed by atoms with van der Waals surface area (Å²) in [6, 6.07) is 19.0. The molecule has 46 heavy (non-hydrogen) atoms. The summed E-state index contributed by atoms with van der Waals surface area (Å²) in [7, 11) is -2.80. The Morgan fingerprint density at radius 1 is 0.848 bits per heavy atom. The largest absolute Gasteiger partial charge is 0.478 e. The normalized spacial score (nSPS) is 11.7. The minimum Gasteiger partial charge on any atom is -0.478 e. The standard InChI is InChI=1S/C31H28N4O10S/c1-18(34(31(42)45-2)17-19-11-13-20(14-12-19)46(32,43)44)27(36)33-24-15-16-26(22-8-4-3-7-21(22)24)35(28(37)30(40)41)25-10-6-5-9-23(25)29(38)39/h3-16,18H,17H2,1-2H3,(H,33,36)(H,38,39)(H,40,41)(H2,32,43,44)/t18-/m0/s1. The van der Waals surface area contributed by atoms with Gasteiger partial charge in [0.25, 0.3) is 0 Å². The van der Waals surface area contributed by atoms with Crippen LogP contribution in [0.4, 0.5) is 21.9 Å². The number of ether oxygens (including phenoxy) is 1. The number of fused-ring (bicyclic) bond motifs is 1. The number of methoxy groups -OCH3 is 1. The molecular weight excluding hydrogens is 620 g/mol. The molecule has 0 heterocycles. The number of primary sulfonamides is 1. The zero-order chi connectivity index (χ0) is 33.8.